The summed E-state index contributed by atoms with van der Waals surface area (Å²) in [7, 11) is 0. The van der Waals surface area contributed by atoms with E-state index in [1.54, 1.807) is 31.5 Å². The number of aromatic amines is 1. The molecule has 1 amide bonds. The van der Waals surface area contributed by atoms with Crippen molar-refractivity contribution in [3.05, 3.63) is 86.9 Å². The Hall–Kier alpha value is -4.45. The van der Waals surface area contributed by atoms with Gasteiger partial charge in [0.1, 0.15) is 22.4 Å². The summed E-state index contributed by atoms with van der Waals surface area (Å²) in [5.41, 5.74) is 3.59. The monoisotopic (exact) mass is 516 g/mol. The van der Waals surface area contributed by atoms with E-state index in [-0.39, 0.29) is 28.8 Å². The summed E-state index contributed by atoms with van der Waals surface area (Å²) in [6.45, 7) is 3.03. The molecule has 1 aliphatic carbocycles. The Labute approximate surface area is 213 Å². The van der Waals surface area contributed by atoms with E-state index in [9.17, 15) is 14.0 Å². The second-order valence-electron chi connectivity index (χ2n) is 9.92. The number of fused-ring (bicyclic) bond motifs is 4. The van der Waals surface area contributed by atoms with Crippen molar-refractivity contribution in [3.8, 4) is 5.69 Å². The van der Waals surface area contributed by atoms with Gasteiger partial charge in [-0.2, -0.15) is 14.6 Å². The second-order valence-corrected chi connectivity index (χ2v) is 9.92. The Balaban J connectivity index is 1.10. The minimum Gasteiger partial charge on any atom is -0.348 e. The van der Waals surface area contributed by atoms with Gasteiger partial charge in [-0.3, -0.25) is 14.5 Å². The lowest BCUT2D eigenvalue weighted by molar-refractivity contribution is 0.0945. The van der Waals surface area contributed by atoms with Crippen molar-refractivity contribution in [3.63, 3.8) is 0 Å². The van der Waals surface area contributed by atoms with E-state index in [1.165, 1.54) is 21.3 Å². The number of carbonyl (C=O) groups excluding carboxylic acids is 1. The van der Waals surface area contributed by atoms with Crippen LogP contribution in [0.2, 0.25) is 0 Å². The molecule has 5 heterocycles. The molecule has 0 radical (unpaired) electrons. The Morgan fingerprint density at radius 1 is 1.18 bits per heavy atom. The van der Waals surface area contributed by atoms with E-state index < -0.39 is 17.3 Å². The summed E-state index contributed by atoms with van der Waals surface area (Å²) in [4.78, 5) is 33.2. The van der Waals surface area contributed by atoms with Gasteiger partial charge in [0.05, 0.1) is 17.4 Å². The van der Waals surface area contributed by atoms with Gasteiger partial charge in [-0.15, -0.1) is 0 Å². The van der Waals surface area contributed by atoms with Crippen LogP contribution in [0.25, 0.3) is 22.2 Å². The standard InChI is InChI=1S/C26H22F2N8O2/c1-13-8-29-36-19-6-2-14(21(27)22(19)32-26(38)23(13)36)9-34-10-15-11-35(33-18(15)12-34)20-7-5-17(31-24(20)28)25(37)30-16-3-4-16/h2,5-8,11,16H,3-4,9-10,12H2,1H3,(H,30,37)(H,32,38). The van der Waals surface area contributed by atoms with E-state index in [1.807, 2.05) is 4.90 Å². The third-order valence-electron chi connectivity index (χ3n) is 7.09. The molecule has 1 aliphatic heterocycles. The normalized spacial score (nSPS) is 15.4. The summed E-state index contributed by atoms with van der Waals surface area (Å²) in [5, 5.41) is 11.5. The van der Waals surface area contributed by atoms with Gasteiger partial charge in [-0.1, -0.05) is 6.07 Å². The number of hydrogen-bond donors (Lipinski definition) is 2. The van der Waals surface area contributed by atoms with Crippen LogP contribution in [0.1, 0.15) is 45.7 Å². The SMILES string of the molecule is Cc1cnn2c1c(=O)[nH]c1c(F)c(CN3Cc4cn(-c5ccc(C(=O)NC6CC6)nc5F)nc4C3)ccc12. The van der Waals surface area contributed by atoms with Crippen molar-refractivity contribution in [2.45, 2.75) is 45.4 Å². The number of H-pyrrole nitrogens is 1. The third-order valence-corrected chi connectivity index (χ3v) is 7.09. The predicted molar refractivity (Wildman–Crippen MR) is 133 cm³/mol. The third kappa shape index (κ3) is 3.67. The molecule has 0 unspecified atom stereocenters. The van der Waals surface area contributed by atoms with E-state index in [4.69, 9.17) is 0 Å². The number of aryl methyl sites for hydroxylation is 1. The highest BCUT2D eigenvalue weighted by Crippen LogP contribution is 2.28. The number of halogens is 2. The molecule has 2 N–H and O–H groups in total. The largest absolute Gasteiger partial charge is 0.348 e. The predicted octanol–water partition coefficient (Wildman–Crippen LogP) is 2.75. The van der Waals surface area contributed by atoms with Gasteiger partial charge < -0.3 is 10.3 Å². The molecule has 1 fully saturated rings. The van der Waals surface area contributed by atoms with Crippen molar-refractivity contribution >= 4 is 22.5 Å². The quantitative estimate of drug-likeness (QED) is 0.348. The van der Waals surface area contributed by atoms with Crippen LogP contribution in [-0.2, 0) is 19.6 Å². The van der Waals surface area contributed by atoms with Crippen molar-refractivity contribution in [1.29, 1.82) is 0 Å². The second kappa shape index (κ2) is 8.28. The van der Waals surface area contributed by atoms with Crippen molar-refractivity contribution in [2.75, 3.05) is 0 Å². The molecule has 38 heavy (non-hydrogen) atoms. The number of pyridine rings is 1. The summed E-state index contributed by atoms with van der Waals surface area (Å²) in [5.74, 6) is -1.66. The van der Waals surface area contributed by atoms with Gasteiger partial charge in [0, 0.05) is 48.6 Å². The first-order valence-electron chi connectivity index (χ1n) is 12.3. The Kier molecular flexibility index (Phi) is 4.95. The number of amides is 1. The fourth-order valence-electron chi connectivity index (χ4n) is 4.99. The molecule has 1 saturated carbocycles. The van der Waals surface area contributed by atoms with Crippen LogP contribution >= 0.6 is 0 Å². The van der Waals surface area contributed by atoms with Crippen LogP contribution < -0.4 is 10.9 Å². The summed E-state index contributed by atoms with van der Waals surface area (Å²) in [6.07, 6.45) is 5.18. The Morgan fingerprint density at radius 3 is 2.79 bits per heavy atom. The van der Waals surface area contributed by atoms with Crippen molar-refractivity contribution in [2.24, 2.45) is 0 Å². The zero-order chi connectivity index (χ0) is 26.1. The van der Waals surface area contributed by atoms with Crippen molar-refractivity contribution < 1.29 is 13.6 Å². The molecular weight excluding hydrogens is 494 g/mol. The highest BCUT2D eigenvalue weighted by molar-refractivity contribution is 5.92. The van der Waals surface area contributed by atoms with Gasteiger partial charge in [0.15, 0.2) is 5.82 Å². The van der Waals surface area contributed by atoms with Crippen molar-refractivity contribution in [1.82, 2.24) is 39.6 Å². The molecule has 2 aliphatic rings. The van der Waals surface area contributed by atoms with E-state index in [0.29, 0.717) is 36.2 Å². The summed E-state index contributed by atoms with van der Waals surface area (Å²) < 4.78 is 33.1. The molecule has 4 aromatic heterocycles. The lowest BCUT2D eigenvalue weighted by Crippen LogP contribution is -2.26. The first-order valence-corrected chi connectivity index (χ1v) is 12.3. The van der Waals surface area contributed by atoms with Crippen LogP contribution in [0.4, 0.5) is 8.78 Å². The average molecular weight is 517 g/mol. The maximum absolute atomic E-state index is 15.4. The van der Waals surface area contributed by atoms with Crippen LogP contribution in [0, 0.1) is 18.7 Å². The first kappa shape index (κ1) is 22.7. The number of carbonyl (C=O) groups is 1. The van der Waals surface area contributed by atoms with Gasteiger partial charge in [0.2, 0.25) is 5.95 Å². The van der Waals surface area contributed by atoms with E-state index in [2.05, 4.69) is 25.5 Å². The zero-order valence-corrected chi connectivity index (χ0v) is 20.3. The molecule has 0 atom stereocenters. The van der Waals surface area contributed by atoms with E-state index in [0.717, 1.165) is 29.7 Å². The summed E-state index contributed by atoms with van der Waals surface area (Å²) in [6, 6.07) is 6.59. The summed E-state index contributed by atoms with van der Waals surface area (Å²) >= 11 is 0. The van der Waals surface area contributed by atoms with Gasteiger partial charge >= 0.3 is 0 Å². The number of nitrogens with zero attached hydrogens (tertiary/aromatic N) is 6. The Morgan fingerprint density at radius 2 is 2.03 bits per heavy atom. The Bertz CT molecular complexity index is 1810. The smallest absolute Gasteiger partial charge is 0.274 e. The number of nitrogens with one attached hydrogen (secondary N) is 2. The minimum atomic E-state index is -0.778. The lowest BCUT2D eigenvalue weighted by atomic mass is 10.1. The topological polar surface area (TPSA) is 113 Å². The maximum Gasteiger partial charge on any atom is 0.274 e. The zero-order valence-electron chi connectivity index (χ0n) is 20.3. The van der Waals surface area contributed by atoms with Crippen LogP contribution in [0.5, 0.6) is 0 Å². The molecule has 10 nitrogen and oxygen atoms in total. The fraction of sp³-hybridized carbons (Fsp3) is 0.269. The molecule has 1 aromatic carbocycles. The molecule has 0 spiro atoms. The number of hydrogen-bond acceptors (Lipinski definition) is 6. The molecule has 0 bridgehead atoms. The number of aromatic nitrogens is 6. The van der Waals surface area contributed by atoms with Crippen LogP contribution in [0.3, 0.4) is 0 Å². The molecule has 0 saturated heterocycles. The minimum absolute atomic E-state index is 0.0335. The fourth-order valence-corrected chi connectivity index (χ4v) is 4.99. The number of benzene rings is 1. The first-order chi connectivity index (χ1) is 18.4. The highest BCUT2D eigenvalue weighted by Gasteiger charge is 2.27. The van der Waals surface area contributed by atoms with Crippen LogP contribution in [-0.4, -0.2) is 46.2 Å². The van der Waals surface area contributed by atoms with Crippen LogP contribution in [0.15, 0.2) is 41.5 Å². The molecule has 5 aromatic rings. The highest BCUT2D eigenvalue weighted by atomic mass is 19.1. The molecular formula is C26H22F2N8O2. The van der Waals surface area contributed by atoms with Gasteiger partial charge in [0.25, 0.3) is 11.5 Å². The maximum atomic E-state index is 15.4. The number of rotatable bonds is 5. The van der Waals surface area contributed by atoms with Gasteiger partial charge in [-0.05, 0) is 38.0 Å². The molecule has 12 heteroatoms. The lowest BCUT2D eigenvalue weighted by Gasteiger charge is -2.16. The molecule has 192 valence electrons. The van der Waals surface area contributed by atoms with E-state index >= 15 is 4.39 Å². The average Bonchev–Trinajstić information content (AvgIpc) is 3.30. The molecule has 7 rings (SSSR count). The van der Waals surface area contributed by atoms with Gasteiger partial charge in [-0.25, -0.2) is 18.6 Å².